The third-order valence-corrected chi connectivity index (χ3v) is 3.03. The number of carbonyl (C=O) groups is 1. The summed E-state index contributed by atoms with van der Waals surface area (Å²) < 4.78 is 6.83. The molecule has 2 aromatic heterocycles. The van der Waals surface area contributed by atoms with Crippen molar-refractivity contribution in [1.29, 1.82) is 0 Å². The van der Waals surface area contributed by atoms with Crippen molar-refractivity contribution in [2.24, 2.45) is 5.10 Å². The summed E-state index contributed by atoms with van der Waals surface area (Å²) in [5.74, 6) is 0. The first kappa shape index (κ1) is 13.8. The van der Waals surface area contributed by atoms with Crippen molar-refractivity contribution in [1.82, 2.24) is 14.8 Å². The van der Waals surface area contributed by atoms with E-state index in [-0.39, 0.29) is 0 Å². The van der Waals surface area contributed by atoms with Crippen LogP contribution in [0.15, 0.2) is 16.7 Å². The molecule has 0 aliphatic rings. The Morgan fingerprint density at radius 2 is 2.37 bits per heavy atom. The molecule has 1 amide bonds. The highest BCUT2D eigenvalue weighted by Gasteiger charge is 2.15. The number of amides is 1. The number of hydrogen-bond acceptors (Lipinski definition) is 5. The summed E-state index contributed by atoms with van der Waals surface area (Å²) >= 11 is 7.43. The predicted octanol–water partition coefficient (Wildman–Crippen LogP) is 2.91. The molecule has 2 heterocycles. The smallest absolute Gasteiger partial charge is 0.428 e. The minimum atomic E-state index is -0.619. The van der Waals surface area contributed by atoms with Crippen LogP contribution < -0.4 is 5.43 Å². The Morgan fingerprint density at radius 3 is 3.05 bits per heavy atom. The van der Waals surface area contributed by atoms with E-state index in [2.05, 4.69) is 15.5 Å². The van der Waals surface area contributed by atoms with Crippen LogP contribution >= 0.6 is 22.9 Å². The largest absolute Gasteiger partial charge is 0.443 e. The van der Waals surface area contributed by atoms with Gasteiger partial charge in [-0.05, 0) is 20.8 Å². The molecule has 0 aromatic carbocycles. The molecule has 0 spiro atoms. The highest BCUT2D eigenvalue weighted by atomic mass is 35.5. The zero-order valence-electron chi connectivity index (χ0n) is 10.7. The van der Waals surface area contributed by atoms with Gasteiger partial charge in [0.2, 0.25) is 0 Å². The van der Waals surface area contributed by atoms with Crippen molar-refractivity contribution in [2.45, 2.75) is 26.4 Å². The van der Waals surface area contributed by atoms with Gasteiger partial charge in [-0.1, -0.05) is 11.6 Å². The number of rotatable bonds is 2. The van der Waals surface area contributed by atoms with Crippen LogP contribution in [-0.2, 0) is 4.74 Å². The van der Waals surface area contributed by atoms with Crippen molar-refractivity contribution < 1.29 is 9.53 Å². The topological polar surface area (TPSA) is 68.0 Å². The summed E-state index contributed by atoms with van der Waals surface area (Å²) in [4.78, 5) is 16.3. The van der Waals surface area contributed by atoms with Gasteiger partial charge < -0.3 is 4.74 Å². The minimum Gasteiger partial charge on any atom is -0.443 e. The first-order chi connectivity index (χ1) is 8.87. The lowest BCUT2D eigenvalue weighted by Gasteiger charge is -2.18. The van der Waals surface area contributed by atoms with Gasteiger partial charge in [-0.15, -0.1) is 11.3 Å². The van der Waals surface area contributed by atoms with Gasteiger partial charge in [0, 0.05) is 11.6 Å². The lowest BCUT2D eigenvalue weighted by atomic mass is 10.2. The van der Waals surface area contributed by atoms with Gasteiger partial charge in [-0.3, -0.25) is 4.40 Å². The van der Waals surface area contributed by atoms with Crippen LogP contribution in [0.1, 0.15) is 26.5 Å². The summed E-state index contributed by atoms with van der Waals surface area (Å²) in [6.45, 7) is 5.33. The van der Waals surface area contributed by atoms with Crippen LogP contribution in [0.5, 0.6) is 0 Å². The highest BCUT2D eigenvalue weighted by Crippen LogP contribution is 2.19. The predicted molar refractivity (Wildman–Crippen MR) is 75.0 cm³/mol. The number of hydrazone groups is 1. The molecule has 6 nitrogen and oxygen atoms in total. The summed E-state index contributed by atoms with van der Waals surface area (Å²) in [7, 11) is 0. The van der Waals surface area contributed by atoms with Gasteiger partial charge in [-0.2, -0.15) is 5.10 Å². The van der Waals surface area contributed by atoms with Crippen LogP contribution in [-0.4, -0.2) is 27.3 Å². The van der Waals surface area contributed by atoms with Gasteiger partial charge in [0.1, 0.15) is 11.3 Å². The molecule has 0 atom stereocenters. The zero-order chi connectivity index (χ0) is 14.0. The standard InChI is InChI=1S/C11H13ClN4O2S/c1-11(2,3)18-10(17)15-13-6-7-8(12)14-9-16(7)4-5-19-9/h4-6H,1-3H3,(H,15,17)/b13-6-. The van der Waals surface area contributed by atoms with E-state index in [0.29, 0.717) is 10.8 Å². The fourth-order valence-electron chi connectivity index (χ4n) is 1.34. The summed E-state index contributed by atoms with van der Waals surface area (Å²) in [5, 5.41) is 6.02. The van der Waals surface area contributed by atoms with Crippen LogP contribution in [0.3, 0.4) is 0 Å². The molecule has 2 rings (SSSR count). The van der Waals surface area contributed by atoms with Crippen molar-refractivity contribution >= 4 is 40.2 Å². The number of ether oxygens (including phenoxy) is 1. The molecule has 0 bridgehead atoms. The second kappa shape index (κ2) is 5.18. The Hall–Kier alpha value is -1.60. The number of imidazole rings is 1. The monoisotopic (exact) mass is 300 g/mol. The number of aromatic nitrogens is 2. The number of fused-ring (bicyclic) bond motifs is 1. The van der Waals surface area contributed by atoms with Crippen LogP contribution in [0.4, 0.5) is 4.79 Å². The Bertz CT molecular complexity index is 626. The number of nitrogens with one attached hydrogen (secondary N) is 1. The first-order valence-electron chi connectivity index (χ1n) is 5.50. The molecular weight excluding hydrogens is 288 g/mol. The Balaban J connectivity index is 2.05. The van der Waals surface area contributed by atoms with Crippen molar-refractivity contribution in [3.63, 3.8) is 0 Å². The average Bonchev–Trinajstić information content (AvgIpc) is 2.78. The van der Waals surface area contributed by atoms with E-state index in [0.717, 1.165) is 4.96 Å². The normalized spacial score (nSPS) is 12.2. The van der Waals surface area contributed by atoms with Crippen molar-refractivity contribution in [3.8, 4) is 0 Å². The van der Waals surface area contributed by atoms with Gasteiger partial charge in [0.05, 0.1) is 6.21 Å². The molecule has 0 unspecified atom stereocenters. The second-order valence-corrected chi connectivity index (χ2v) is 5.95. The molecule has 102 valence electrons. The van der Waals surface area contributed by atoms with Crippen LogP contribution in [0.2, 0.25) is 5.15 Å². The number of thiazole rings is 1. The summed E-state index contributed by atoms with van der Waals surface area (Å²) in [5.41, 5.74) is 2.32. The molecule has 1 N–H and O–H groups in total. The maximum Gasteiger partial charge on any atom is 0.428 e. The van der Waals surface area contributed by atoms with Crippen molar-refractivity contribution in [2.75, 3.05) is 0 Å². The van der Waals surface area contributed by atoms with E-state index >= 15 is 0 Å². The maximum absolute atomic E-state index is 11.4. The number of carbonyl (C=O) groups excluding carboxylic acids is 1. The molecule has 0 aliphatic carbocycles. The summed E-state index contributed by atoms with van der Waals surface area (Å²) in [6.07, 6.45) is 2.64. The first-order valence-corrected chi connectivity index (χ1v) is 6.76. The molecule has 0 saturated carbocycles. The van der Waals surface area contributed by atoms with Crippen molar-refractivity contribution in [3.05, 3.63) is 22.4 Å². The maximum atomic E-state index is 11.4. The van der Waals surface area contributed by atoms with E-state index in [1.54, 1.807) is 25.2 Å². The number of nitrogens with zero attached hydrogens (tertiary/aromatic N) is 3. The molecule has 0 radical (unpaired) electrons. The van der Waals surface area contributed by atoms with E-state index in [4.69, 9.17) is 16.3 Å². The fourth-order valence-corrected chi connectivity index (χ4v) is 2.33. The lowest BCUT2D eigenvalue weighted by Crippen LogP contribution is -2.29. The molecule has 2 aromatic rings. The third-order valence-electron chi connectivity index (χ3n) is 2.00. The van der Waals surface area contributed by atoms with Gasteiger partial charge in [0.15, 0.2) is 10.1 Å². The molecular formula is C11H13ClN4O2S. The van der Waals surface area contributed by atoms with E-state index in [9.17, 15) is 4.79 Å². The lowest BCUT2D eigenvalue weighted by molar-refractivity contribution is 0.0529. The quantitative estimate of drug-likeness (QED) is 0.685. The minimum absolute atomic E-state index is 0.335. The number of halogens is 1. The van der Waals surface area contributed by atoms with Crippen LogP contribution in [0, 0.1) is 0 Å². The molecule has 0 fully saturated rings. The highest BCUT2D eigenvalue weighted by molar-refractivity contribution is 7.15. The average molecular weight is 301 g/mol. The van der Waals surface area contributed by atoms with E-state index in [1.165, 1.54) is 17.6 Å². The van der Waals surface area contributed by atoms with E-state index in [1.807, 2.05) is 11.6 Å². The third kappa shape index (κ3) is 3.45. The zero-order valence-corrected chi connectivity index (χ0v) is 12.2. The SMILES string of the molecule is CC(C)(C)OC(=O)N/N=C\c1c(Cl)nc2sccn12. The van der Waals surface area contributed by atoms with Crippen LogP contribution in [0.25, 0.3) is 4.96 Å². The Kier molecular flexibility index (Phi) is 3.77. The number of hydrogen-bond donors (Lipinski definition) is 1. The molecule has 0 saturated heterocycles. The molecule has 19 heavy (non-hydrogen) atoms. The Morgan fingerprint density at radius 1 is 1.63 bits per heavy atom. The summed E-state index contributed by atoms with van der Waals surface area (Å²) in [6, 6.07) is 0. The fraction of sp³-hybridized carbons (Fsp3) is 0.364. The Labute approximate surface area is 119 Å². The van der Waals surface area contributed by atoms with Gasteiger partial charge in [0.25, 0.3) is 0 Å². The molecule has 8 heteroatoms. The van der Waals surface area contributed by atoms with Gasteiger partial charge >= 0.3 is 6.09 Å². The van der Waals surface area contributed by atoms with E-state index < -0.39 is 11.7 Å². The second-order valence-electron chi connectivity index (χ2n) is 4.72. The molecule has 0 aliphatic heterocycles. The van der Waals surface area contributed by atoms with Gasteiger partial charge in [-0.25, -0.2) is 15.2 Å².